The molecule has 0 aromatic carbocycles. The first-order chi connectivity index (χ1) is 5.31. The summed E-state index contributed by atoms with van der Waals surface area (Å²) < 4.78 is 10.3. The van der Waals surface area contributed by atoms with Gasteiger partial charge < -0.3 is 19.7 Å². The molecule has 0 radical (unpaired) electrons. The molecular formula is C7H10O4. The predicted molar refractivity (Wildman–Crippen MR) is 35.8 cm³/mol. The van der Waals surface area contributed by atoms with Crippen LogP contribution in [0.2, 0.25) is 0 Å². The molecule has 2 N–H and O–H groups in total. The van der Waals surface area contributed by atoms with E-state index in [4.69, 9.17) is 14.6 Å². The topological polar surface area (TPSA) is 58.9 Å². The molecule has 4 heteroatoms. The molecule has 0 unspecified atom stereocenters. The largest absolute Gasteiger partial charge is 0.392 e. The maximum absolute atomic E-state index is 9.26. The SMILES string of the molecule is OCC1=C[C@H](O)[C@@H]2OC[C@H]1O2. The van der Waals surface area contributed by atoms with Gasteiger partial charge in [0.05, 0.1) is 13.2 Å². The summed E-state index contributed by atoms with van der Waals surface area (Å²) in [6.07, 6.45) is 0.214. The van der Waals surface area contributed by atoms with E-state index in [0.29, 0.717) is 12.2 Å². The molecule has 4 nitrogen and oxygen atoms in total. The van der Waals surface area contributed by atoms with Crippen LogP contribution in [0.25, 0.3) is 0 Å². The Bertz CT molecular complexity index is 189. The van der Waals surface area contributed by atoms with Gasteiger partial charge in [0.15, 0.2) is 6.29 Å². The third-order valence-electron chi connectivity index (χ3n) is 1.97. The standard InChI is InChI=1S/C7H10O4/c8-2-4-1-5(9)7-10-3-6(4)11-7/h1,5-9H,2-3H2/t5-,6+,7+/m0/s1. The van der Waals surface area contributed by atoms with E-state index < -0.39 is 12.4 Å². The molecule has 62 valence electrons. The van der Waals surface area contributed by atoms with Crippen LogP contribution in [0.4, 0.5) is 0 Å². The van der Waals surface area contributed by atoms with E-state index in [1.54, 1.807) is 6.08 Å². The summed E-state index contributed by atoms with van der Waals surface area (Å²) in [5, 5.41) is 18.1. The average Bonchev–Trinajstić information content (AvgIpc) is 2.43. The summed E-state index contributed by atoms with van der Waals surface area (Å²) in [6.45, 7) is 0.367. The lowest BCUT2D eigenvalue weighted by Crippen LogP contribution is -2.32. The van der Waals surface area contributed by atoms with E-state index >= 15 is 0 Å². The van der Waals surface area contributed by atoms with Gasteiger partial charge in [0, 0.05) is 0 Å². The highest BCUT2D eigenvalue weighted by Crippen LogP contribution is 2.26. The van der Waals surface area contributed by atoms with Crippen molar-refractivity contribution in [2.75, 3.05) is 13.2 Å². The summed E-state index contributed by atoms with van der Waals surface area (Å²) in [7, 11) is 0. The van der Waals surface area contributed by atoms with Gasteiger partial charge in [0.25, 0.3) is 0 Å². The van der Waals surface area contributed by atoms with E-state index in [1.807, 2.05) is 0 Å². The van der Waals surface area contributed by atoms with Crippen LogP contribution in [0.5, 0.6) is 0 Å². The third-order valence-corrected chi connectivity index (χ3v) is 1.97. The summed E-state index contributed by atoms with van der Waals surface area (Å²) >= 11 is 0. The Morgan fingerprint density at radius 3 is 3.18 bits per heavy atom. The lowest BCUT2D eigenvalue weighted by molar-refractivity contribution is -0.118. The summed E-state index contributed by atoms with van der Waals surface area (Å²) in [5.41, 5.74) is 0.714. The molecule has 2 rings (SSSR count). The van der Waals surface area contributed by atoms with Crippen molar-refractivity contribution in [2.24, 2.45) is 0 Å². The number of hydrogen-bond donors (Lipinski definition) is 2. The zero-order chi connectivity index (χ0) is 7.84. The highest BCUT2D eigenvalue weighted by molar-refractivity contribution is 5.17. The molecule has 0 aromatic rings. The number of hydrogen-bond acceptors (Lipinski definition) is 4. The van der Waals surface area contributed by atoms with Gasteiger partial charge in [0.2, 0.25) is 0 Å². The molecular weight excluding hydrogens is 148 g/mol. The first kappa shape index (κ1) is 7.24. The maximum Gasteiger partial charge on any atom is 0.188 e. The number of aliphatic hydroxyl groups excluding tert-OH is 2. The van der Waals surface area contributed by atoms with E-state index in [9.17, 15) is 5.11 Å². The van der Waals surface area contributed by atoms with Crippen LogP contribution in [0.1, 0.15) is 0 Å². The Morgan fingerprint density at radius 2 is 2.45 bits per heavy atom. The summed E-state index contributed by atoms with van der Waals surface area (Å²) in [4.78, 5) is 0. The van der Waals surface area contributed by atoms with E-state index in [2.05, 4.69) is 0 Å². The third kappa shape index (κ3) is 1.08. The zero-order valence-electron chi connectivity index (χ0n) is 5.93. The molecule has 3 atom stereocenters. The van der Waals surface area contributed by atoms with Gasteiger partial charge in [-0.05, 0) is 11.6 Å². The monoisotopic (exact) mass is 158 g/mol. The van der Waals surface area contributed by atoms with Gasteiger partial charge in [-0.1, -0.05) is 0 Å². The average molecular weight is 158 g/mol. The minimum atomic E-state index is -0.726. The molecule has 2 aliphatic heterocycles. The quantitative estimate of drug-likeness (QED) is 0.482. The Balaban J connectivity index is 2.20. The van der Waals surface area contributed by atoms with Crippen molar-refractivity contribution in [1.82, 2.24) is 0 Å². The predicted octanol–water partition coefficient (Wildman–Crippen LogP) is -0.979. The lowest BCUT2D eigenvalue weighted by atomic mass is 10.1. The molecule has 0 spiro atoms. The molecule has 0 saturated carbocycles. The smallest absolute Gasteiger partial charge is 0.188 e. The van der Waals surface area contributed by atoms with E-state index in [1.165, 1.54) is 0 Å². The molecule has 11 heavy (non-hydrogen) atoms. The molecule has 0 aliphatic carbocycles. The second kappa shape index (κ2) is 2.57. The van der Waals surface area contributed by atoms with Crippen molar-refractivity contribution in [2.45, 2.75) is 18.5 Å². The van der Waals surface area contributed by atoms with Crippen LogP contribution in [0.3, 0.4) is 0 Å². The molecule has 1 fully saturated rings. The Hall–Kier alpha value is -0.420. The van der Waals surface area contributed by atoms with Crippen molar-refractivity contribution in [3.8, 4) is 0 Å². The van der Waals surface area contributed by atoms with Crippen molar-refractivity contribution in [3.63, 3.8) is 0 Å². The number of rotatable bonds is 1. The first-order valence-corrected chi connectivity index (χ1v) is 3.58. The van der Waals surface area contributed by atoms with Crippen LogP contribution in [-0.4, -0.2) is 41.9 Å². The molecule has 0 amide bonds. The molecule has 2 aliphatic rings. The van der Waals surface area contributed by atoms with Crippen LogP contribution < -0.4 is 0 Å². The lowest BCUT2D eigenvalue weighted by Gasteiger charge is -2.21. The highest BCUT2D eigenvalue weighted by atomic mass is 16.7. The zero-order valence-corrected chi connectivity index (χ0v) is 5.93. The van der Waals surface area contributed by atoms with Crippen LogP contribution in [0, 0.1) is 0 Å². The second-order valence-electron chi connectivity index (χ2n) is 2.72. The fourth-order valence-corrected chi connectivity index (χ4v) is 1.36. The van der Waals surface area contributed by atoms with Crippen LogP contribution in [0.15, 0.2) is 11.6 Å². The summed E-state index contributed by atoms with van der Waals surface area (Å²) in [6, 6.07) is 0. The fourth-order valence-electron chi connectivity index (χ4n) is 1.36. The van der Waals surface area contributed by atoms with Crippen molar-refractivity contribution < 1.29 is 19.7 Å². The van der Waals surface area contributed by atoms with Gasteiger partial charge in [-0.2, -0.15) is 0 Å². The Morgan fingerprint density at radius 1 is 1.64 bits per heavy atom. The van der Waals surface area contributed by atoms with E-state index in [0.717, 1.165) is 0 Å². The molecule has 1 saturated heterocycles. The molecule has 0 aromatic heterocycles. The van der Waals surface area contributed by atoms with Crippen LogP contribution >= 0.6 is 0 Å². The van der Waals surface area contributed by atoms with Gasteiger partial charge in [0.1, 0.15) is 12.2 Å². The van der Waals surface area contributed by atoms with Gasteiger partial charge in [-0.25, -0.2) is 0 Å². The van der Waals surface area contributed by atoms with Gasteiger partial charge in [-0.15, -0.1) is 0 Å². The number of aliphatic hydroxyl groups is 2. The second-order valence-corrected chi connectivity index (χ2v) is 2.72. The Labute approximate surface area is 64.0 Å². The maximum atomic E-state index is 9.26. The highest BCUT2D eigenvalue weighted by Gasteiger charge is 2.37. The van der Waals surface area contributed by atoms with E-state index in [-0.39, 0.29) is 12.7 Å². The van der Waals surface area contributed by atoms with Crippen molar-refractivity contribution in [1.29, 1.82) is 0 Å². The molecule has 2 bridgehead atoms. The number of fused-ring (bicyclic) bond motifs is 2. The van der Waals surface area contributed by atoms with Gasteiger partial charge in [-0.3, -0.25) is 0 Å². The van der Waals surface area contributed by atoms with Crippen molar-refractivity contribution in [3.05, 3.63) is 11.6 Å². The molecule has 2 heterocycles. The van der Waals surface area contributed by atoms with Crippen LogP contribution in [-0.2, 0) is 9.47 Å². The number of ether oxygens (including phenoxy) is 2. The fraction of sp³-hybridized carbons (Fsp3) is 0.714. The normalized spacial score (nSPS) is 42.4. The van der Waals surface area contributed by atoms with Gasteiger partial charge >= 0.3 is 0 Å². The minimum Gasteiger partial charge on any atom is -0.392 e. The van der Waals surface area contributed by atoms with Crippen molar-refractivity contribution >= 4 is 0 Å². The Kier molecular flexibility index (Phi) is 1.69. The summed E-state index contributed by atoms with van der Waals surface area (Å²) in [5.74, 6) is 0. The minimum absolute atomic E-state index is 0.0716. The first-order valence-electron chi connectivity index (χ1n) is 3.58.